The van der Waals surface area contributed by atoms with Crippen LogP contribution in [0.3, 0.4) is 0 Å². The SMILES string of the molecule is C[C@H](C(=O)NC(N)=O)[NH+](C)CCOc1ccc(Br)cc1. The Labute approximate surface area is 126 Å². The number of ether oxygens (including phenoxy) is 1. The van der Waals surface area contributed by atoms with Crippen LogP contribution in [0.15, 0.2) is 28.7 Å². The van der Waals surface area contributed by atoms with Crippen LogP contribution in [0, 0.1) is 0 Å². The van der Waals surface area contributed by atoms with Crippen LogP contribution in [0.25, 0.3) is 0 Å². The molecule has 20 heavy (non-hydrogen) atoms. The van der Waals surface area contributed by atoms with Gasteiger partial charge in [0.15, 0.2) is 6.04 Å². The zero-order chi connectivity index (χ0) is 15.1. The summed E-state index contributed by atoms with van der Waals surface area (Å²) in [6.45, 7) is 2.83. The Morgan fingerprint density at radius 1 is 1.40 bits per heavy atom. The average Bonchev–Trinajstić information content (AvgIpc) is 2.39. The minimum Gasteiger partial charge on any atom is -0.488 e. The number of primary amides is 1. The molecule has 110 valence electrons. The summed E-state index contributed by atoms with van der Waals surface area (Å²) >= 11 is 3.35. The van der Waals surface area contributed by atoms with Gasteiger partial charge in [0, 0.05) is 4.47 Å². The van der Waals surface area contributed by atoms with Crippen LogP contribution in [0.5, 0.6) is 5.75 Å². The van der Waals surface area contributed by atoms with Crippen molar-refractivity contribution in [3.05, 3.63) is 28.7 Å². The maximum Gasteiger partial charge on any atom is 0.319 e. The van der Waals surface area contributed by atoms with Crippen molar-refractivity contribution in [2.45, 2.75) is 13.0 Å². The van der Waals surface area contributed by atoms with E-state index in [4.69, 9.17) is 10.5 Å². The van der Waals surface area contributed by atoms with E-state index in [0.717, 1.165) is 15.1 Å². The van der Waals surface area contributed by atoms with Crippen molar-refractivity contribution in [2.75, 3.05) is 20.2 Å². The van der Waals surface area contributed by atoms with Gasteiger partial charge in [-0.2, -0.15) is 0 Å². The number of carbonyl (C=O) groups is 2. The monoisotopic (exact) mass is 344 g/mol. The molecular formula is C13H19BrN3O3+. The van der Waals surface area contributed by atoms with Gasteiger partial charge < -0.3 is 15.4 Å². The van der Waals surface area contributed by atoms with Crippen molar-refractivity contribution >= 4 is 27.9 Å². The number of amides is 3. The molecule has 3 amide bonds. The lowest BCUT2D eigenvalue weighted by Crippen LogP contribution is -3.14. The van der Waals surface area contributed by atoms with Gasteiger partial charge in [-0.25, -0.2) is 4.79 Å². The molecule has 0 aromatic heterocycles. The summed E-state index contributed by atoms with van der Waals surface area (Å²) in [6.07, 6.45) is 0. The minimum absolute atomic E-state index is 0.379. The zero-order valence-electron chi connectivity index (χ0n) is 11.5. The molecule has 0 spiro atoms. The molecular weight excluding hydrogens is 326 g/mol. The van der Waals surface area contributed by atoms with E-state index in [0.29, 0.717) is 13.2 Å². The van der Waals surface area contributed by atoms with E-state index in [1.54, 1.807) is 6.92 Å². The second-order valence-electron chi connectivity index (χ2n) is 4.47. The number of quaternary nitrogens is 1. The summed E-state index contributed by atoms with van der Waals surface area (Å²) < 4.78 is 6.57. The molecule has 0 aliphatic carbocycles. The number of rotatable bonds is 6. The largest absolute Gasteiger partial charge is 0.488 e. The molecule has 0 radical (unpaired) electrons. The fraction of sp³-hybridized carbons (Fsp3) is 0.385. The molecule has 7 heteroatoms. The number of urea groups is 1. The third-order valence-electron chi connectivity index (χ3n) is 2.96. The number of nitrogens with one attached hydrogen (secondary N) is 2. The summed E-state index contributed by atoms with van der Waals surface area (Å²) in [6, 6.07) is 6.31. The van der Waals surface area contributed by atoms with Crippen LogP contribution >= 0.6 is 15.9 Å². The maximum absolute atomic E-state index is 11.6. The van der Waals surface area contributed by atoms with E-state index in [1.165, 1.54) is 0 Å². The first-order chi connectivity index (χ1) is 9.40. The highest BCUT2D eigenvalue weighted by Crippen LogP contribution is 2.15. The lowest BCUT2D eigenvalue weighted by molar-refractivity contribution is -0.894. The number of halogens is 1. The van der Waals surface area contributed by atoms with E-state index in [-0.39, 0.29) is 6.04 Å². The molecule has 0 aliphatic heterocycles. The van der Waals surface area contributed by atoms with Gasteiger partial charge in [0.2, 0.25) is 0 Å². The van der Waals surface area contributed by atoms with Crippen LogP contribution in [-0.2, 0) is 4.79 Å². The Kier molecular flexibility index (Phi) is 6.47. The fourth-order valence-corrected chi connectivity index (χ4v) is 1.80. The van der Waals surface area contributed by atoms with E-state index in [1.807, 2.05) is 31.3 Å². The molecule has 0 saturated heterocycles. The van der Waals surface area contributed by atoms with Gasteiger partial charge in [-0.15, -0.1) is 0 Å². The average molecular weight is 345 g/mol. The molecule has 0 fully saturated rings. The second kappa shape index (κ2) is 7.86. The van der Waals surface area contributed by atoms with Crippen molar-refractivity contribution in [1.29, 1.82) is 0 Å². The number of benzene rings is 1. The third-order valence-corrected chi connectivity index (χ3v) is 3.49. The topological polar surface area (TPSA) is 85.9 Å². The van der Waals surface area contributed by atoms with Gasteiger partial charge in [0.25, 0.3) is 5.91 Å². The summed E-state index contributed by atoms with van der Waals surface area (Å²) in [5, 5.41) is 2.07. The van der Waals surface area contributed by atoms with Gasteiger partial charge in [0.1, 0.15) is 18.9 Å². The molecule has 2 atom stereocenters. The van der Waals surface area contributed by atoms with Gasteiger partial charge in [-0.05, 0) is 31.2 Å². The van der Waals surface area contributed by atoms with Gasteiger partial charge >= 0.3 is 6.03 Å². The molecule has 0 saturated carbocycles. The maximum atomic E-state index is 11.6. The summed E-state index contributed by atoms with van der Waals surface area (Å²) in [5.74, 6) is 0.383. The Hall–Kier alpha value is -1.60. The number of nitrogens with two attached hydrogens (primary N) is 1. The van der Waals surface area contributed by atoms with Crippen LogP contribution < -0.4 is 20.7 Å². The van der Waals surface area contributed by atoms with Crippen molar-refractivity contribution in [3.63, 3.8) is 0 Å². The van der Waals surface area contributed by atoms with E-state index in [2.05, 4.69) is 21.2 Å². The van der Waals surface area contributed by atoms with E-state index in [9.17, 15) is 9.59 Å². The first-order valence-electron chi connectivity index (χ1n) is 6.21. The fourth-order valence-electron chi connectivity index (χ4n) is 1.53. The van der Waals surface area contributed by atoms with Crippen molar-refractivity contribution < 1.29 is 19.2 Å². The standard InChI is InChI=1S/C13H18BrN3O3/c1-9(12(18)16-13(15)19)17(2)7-8-20-11-5-3-10(14)4-6-11/h3-6,9H,7-8H2,1-2H3,(H3,15,16,18,19)/p+1/t9-/m1/s1. The first-order valence-corrected chi connectivity index (χ1v) is 7.00. The number of hydrogen-bond acceptors (Lipinski definition) is 3. The smallest absolute Gasteiger partial charge is 0.319 e. The molecule has 0 bridgehead atoms. The Morgan fingerprint density at radius 2 is 2.00 bits per heavy atom. The molecule has 1 rings (SSSR count). The molecule has 1 unspecified atom stereocenters. The normalized spacial score (nSPS) is 13.3. The molecule has 4 N–H and O–H groups in total. The summed E-state index contributed by atoms with van der Waals surface area (Å²) in [5.41, 5.74) is 4.91. The lowest BCUT2D eigenvalue weighted by Gasteiger charge is -2.20. The van der Waals surface area contributed by atoms with Crippen molar-refractivity contribution in [1.82, 2.24) is 5.32 Å². The van der Waals surface area contributed by atoms with Gasteiger partial charge in [-0.3, -0.25) is 10.1 Å². The van der Waals surface area contributed by atoms with E-state index < -0.39 is 11.9 Å². The van der Waals surface area contributed by atoms with Crippen LogP contribution in [0.4, 0.5) is 4.79 Å². The zero-order valence-corrected chi connectivity index (χ0v) is 13.1. The number of likely N-dealkylation sites (N-methyl/N-ethyl adjacent to an activating group) is 1. The van der Waals surface area contributed by atoms with Crippen LogP contribution in [0.1, 0.15) is 6.92 Å². The Bertz CT molecular complexity index is 464. The van der Waals surface area contributed by atoms with Gasteiger partial charge in [0.05, 0.1) is 7.05 Å². The number of imide groups is 1. The lowest BCUT2D eigenvalue weighted by atomic mass is 10.3. The quantitative estimate of drug-likeness (QED) is 0.675. The number of carbonyl (C=O) groups excluding carboxylic acids is 2. The van der Waals surface area contributed by atoms with Gasteiger partial charge in [-0.1, -0.05) is 15.9 Å². The van der Waals surface area contributed by atoms with Crippen LogP contribution in [0.2, 0.25) is 0 Å². The highest BCUT2D eigenvalue weighted by Gasteiger charge is 2.22. The van der Waals surface area contributed by atoms with Crippen molar-refractivity contribution in [3.8, 4) is 5.75 Å². The molecule has 0 heterocycles. The Morgan fingerprint density at radius 3 is 2.55 bits per heavy atom. The Balaban J connectivity index is 2.35. The molecule has 6 nitrogen and oxygen atoms in total. The molecule has 0 aliphatic rings. The first kappa shape index (κ1) is 16.5. The highest BCUT2D eigenvalue weighted by molar-refractivity contribution is 9.10. The summed E-state index contributed by atoms with van der Waals surface area (Å²) in [4.78, 5) is 23.1. The predicted octanol–water partition coefficient (Wildman–Crippen LogP) is -0.0740. The van der Waals surface area contributed by atoms with Crippen molar-refractivity contribution in [2.24, 2.45) is 5.73 Å². The third kappa shape index (κ3) is 5.58. The minimum atomic E-state index is -0.833. The predicted molar refractivity (Wildman–Crippen MR) is 78.6 cm³/mol. The molecule has 1 aromatic carbocycles. The molecule has 1 aromatic rings. The summed E-state index contributed by atoms with van der Waals surface area (Å²) in [7, 11) is 1.86. The van der Waals surface area contributed by atoms with Crippen LogP contribution in [-0.4, -0.2) is 38.2 Å². The second-order valence-corrected chi connectivity index (χ2v) is 5.39. The highest BCUT2D eigenvalue weighted by atomic mass is 79.9. The van der Waals surface area contributed by atoms with E-state index >= 15 is 0 Å². The number of hydrogen-bond donors (Lipinski definition) is 3.